The number of hydrogen-bond acceptors (Lipinski definition) is 2. The second kappa shape index (κ2) is 4.94. The highest BCUT2D eigenvalue weighted by Crippen LogP contribution is 2.13. The summed E-state index contributed by atoms with van der Waals surface area (Å²) in [5.41, 5.74) is 5.64. The summed E-state index contributed by atoms with van der Waals surface area (Å²) in [5, 5.41) is 0. The van der Waals surface area contributed by atoms with Crippen molar-refractivity contribution < 1.29 is 4.74 Å². The van der Waals surface area contributed by atoms with Gasteiger partial charge in [-0.2, -0.15) is 0 Å². The minimum Gasteiger partial charge on any atom is -0.377 e. The third-order valence-corrected chi connectivity index (χ3v) is 1.80. The van der Waals surface area contributed by atoms with Crippen LogP contribution in [0.15, 0.2) is 0 Å². The molecule has 0 spiro atoms. The summed E-state index contributed by atoms with van der Waals surface area (Å²) in [4.78, 5) is 0. The molecular formula is C7H16ClNO. The minimum atomic E-state index is 0. The Morgan fingerprint density at radius 2 is 2.20 bits per heavy atom. The van der Waals surface area contributed by atoms with E-state index in [1.807, 2.05) is 6.92 Å². The first kappa shape index (κ1) is 10.2. The van der Waals surface area contributed by atoms with Crippen LogP contribution in [0, 0.1) is 0 Å². The highest BCUT2D eigenvalue weighted by atomic mass is 35.5. The van der Waals surface area contributed by atoms with Crippen molar-refractivity contribution >= 4 is 12.4 Å². The topological polar surface area (TPSA) is 35.2 Å². The predicted molar refractivity (Wildman–Crippen MR) is 44.5 cm³/mol. The molecule has 2 atom stereocenters. The monoisotopic (exact) mass is 165 g/mol. The molecule has 0 saturated carbocycles. The molecule has 3 heteroatoms. The zero-order valence-electron chi connectivity index (χ0n) is 6.38. The van der Waals surface area contributed by atoms with Crippen LogP contribution >= 0.6 is 12.4 Å². The molecular weight excluding hydrogens is 150 g/mol. The molecule has 0 amide bonds. The Bertz CT molecular complexity index is 81.7. The Balaban J connectivity index is 0.000000810. The Morgan fingerprint density at radius 1 is 1.50 bits per heavy atom. The Labute approximate surface area is 68.5 Å². The fourth-order valence-corrected chi connectivity index (χ4v) is 1.18. The SMILES string of the molecule is CC(N)C1CCCCO1.Cl. The maximum atomic E-state index is 5.64. The third-order valence-electron chi connectivity index (χ3n) is 1.80. The molecule has 1 rings (SSSR count). The molecule has 0 bridgehead atoms. The van der Waals surface area contributed by atoms with Gasteiger partial charge < -0.3 is 10.5 Å². The van der Waals surface area contributed by atoms with Gasteiger partial charge in [0.2, 0.25) is 0 Å². The summed E-state index contributed by atoms with van der Waals surface area (Å²) in [6, 6.07) is 0.213. The first-order valence-electron chi connectivity index (χ1n) is 3.68. The van der Waals surface area contributed by atoms with Crippen molar-refractivity contribution in [2.75, 3.05) is 6.61 Å². The van der Waals surface area contributed by atoms with E-state index in [2.05, 4.69) is 0 Å². The molecule has 1 fully saturated rings. The summed E-state index contributed by atoms with van der Waals surface area (Å²) in [6.07, 6.45) is 3.98. The van der Waals surface area contributed by atoms with Crippen molar-refractivity contribution in [3.8, 4) is 0 Å². The largest absolute Gasteiger partial charge is 0.377 e. The predicted octanol–water partition coefficient (Wildman–Crippen LogP) is 1.32. The lowest BCUT2D eigenvalue weighted by Gasteiger charge is -2.25. The fraction of sp³-hybridized carbons (Fsp3) is 1.00. The van der Waals surface area contributed by atoms with E-state index in [9.17, 15) is 0 Å². The fourth-order valence-electron chi connectivity index (χ4n) is 1.18. The highest BCUT2D eigenvalue weighted by molar-refractivity contribution is 5.85. The van der Waals surface area contributed by atoms with E-state index in [1.165, 1.54) is 12.8 Å². The highest BCUT2D eigenvalue weighted by Gasteiger charge is 2.16. The lowest BCUT2D eigenvalue weighted by molar-refractivity contribution is 0.00403. The van der Waals surface area contributed by atoms with E-state index in [0.29, 0.717) is 6.10 Å². The molecule has 1 aliphatic heterocycles. The van der Waals surface area contributed by atoms with Crippen LogP contribution in [0.4, 0.5) is 0 Å². The number of hydrogen-bond donors (Lipinski definition) is 1. The zero-order valence-corrected chi connectivity index (χ0v) is 7.19. The number of nitrogens with two attached hydrogens (primary N) is 1. The number of halogens is 1. The maximum absolute atomic E-state index is 5.64. The van der Waals surface area contributed by atoms with Crippen LogP contribution in [-0.2, 0) is 4.74 Å². The smallest absolute Gasteiger partial charge is 0.0723 e. The third kappa shape index (κ3) is 2.86. The van der Waals surface area contributed by atoms with Gasteiger partial charge in [0, 0.05) is 12.6 Å². The molecule has 0 aliphatic carbocycles. The van der Waals surface area contributed by atoms with Gasteiger partial charge in [0.15, 0.2) is 0 Å². The summed E-state index contributed by atoms with van der Waals surface area (Å²) in [6.45, 7) is 2.92. The van der Waals surface area contributed by atoms with Gasteiger partial charge in [0.25, 0.3) is 0 Å². The molecule has 62 valence electrons. The molecule has 0 aromatic carbocycles. The van der Waals surface area contributed by atoms with Crippen molar-refractivity contribution in [3.05, 3.63) is 0 Å². The van der Waals surface area contributed by atoms with E-state index in [1.54, 1.807) is 0 Å². The average Bonchev–Trinajstić information content (AvgIpc) is 1.90. The lowest BCUT2D eigenvalue weighted by atomic mass is 10.0. The van der Waals surface area contributed by atoms with Crippen molar-refractivity contribution in [3.63, 3.8) is 0 Å². The van der Waals surface area contributed by atoms with Crippen LogP contribution in [-0.4, -0.2) is 18.8 Å². The number of rotatable bonds is 1. The number of ether oxygens (including phenoxy) is 1. The van der Waals surface area contributed by atoms with Crippen molar-refractivity contribution in [1.82, 2.24) is 0 Å². The summed E-state index contributed by atoms with van der Waals surface area (Å²) >= 11 is 0. The zero-order chi connectivity index (χ0) is 6.69. The first-order chi connectivity index (χ1) is 4.30. The van der Waals surface area contributed by atoms with E-state index < -0.39 is 0 Å². The summed E-state index contributed by atoms with van der Waals surface area (Å²) in [5.74, 6) is 0. The molecule has 1 heterocycles. The van der Waals surface area contributed by atoms with Gasteiger partial charge in [-0.3, -0.25) is 0 Å². The lowest BCUT2D eigenvalue weighted by Crippen LogP contribution is -2.36. The molecule has 2 unspecified atom stereocenters. The van der Waals surface area contributed by atoms with Crippen LogP contribution < -0.4 is 5.73 Å². The summed E-state index contributed by atoms with van der Waals surface area (Å²) in [7, 11) is 0. The van der Waals surface area contributed by atoms with Crippen LogP contribution in [0.1, 0.15) is 26.2 Å². The molecule has 10 heavy (non-hydrogen) atoms. The van der Waals surface area contributed by atoms with Crippen LogP contribution in [0.2, 0.25) is 0 Å². The van der Waals surface area contributed by atoms with E-state index >= 15 is 0 Å². The van der Waals surface area contributed by atoms with Crippen LogP contribution in [0.5, 0.6) is 0 Å². The standard InChI is InChI=1S/C7H15NO.ClH/c1-6(8)7-4-2-3-5-9-7;/h6-7H,2-5,8H2,1H3;1H. The Kier molecular flexibility index (Phi) is 5.04. The molecule has 1 saturated heterocycles. The molecule has 0 aromatic heterocycles. The quantitative estimate of drug-likeness (QED) is 0.636. The van der Waals surface area contributed by atoms with Gasteiger partial charge >= 0.3 is 0 Å². The van der Waals surface area contributed by atoms with Crippen LogP contribution in [0.25, 0.3) is 0 Å². The molecule has 0 radical (unpaired) electrons. The summed E-state index contributed by atoms with van der Waals surface area (Å²) < 4.78 is 5.41. The van der Waals surface area contributed by atoms with Gasteiger partial charge in [-0.05, 0) is 26.2 Å². The Hall–Kier alpha value is 0.210. The van der Waals surface area contributed by atoms with E-state index in [0.717, 1.165) is 13.0 Å². The molecule has 2 N–H and O–H groups in total. The van der Waals surface area contributed by atoms with Crippen molar-refractivity contribution in [1.29, 1.82) is 0 Å². The normalized spacial score (nSPS) is 28.8. The first-order valence-corrected chi connectivity index (χ1v) is 3.68. The van der Waals surface area contributed by atoms with Crippen molar-refractivity contribution in [2.24, 2.45) is 5.73 Å². The van der Waals surface area contributed by atoms with Crippen LogP contribution in [0.3, 0.4) is 0 Å². The van der Waals surface area contributed by atoms with E-state index in [4.69, 9.17) is 10.5 Å². The van der Waals surface area contributed by atoms with Gasteiger partial charge in [-0.1, -0.05) is 0 Å². The minimum absolute atomic E-state index is 0. The second-order valence-corrected chi connectivity index (χ2v) is 2.76. The molecule has 0 aromatic rings. The maximum Gasteiger partial charge on any atom is 0.0723 e. The van der Waals surface area contributed by atoms with E-state index in [-0.39, 0.29) is 18.4 Å². The van der Waals surface area contributed by atoms with Gasteiger partial charge in [0.1, 0.15) is 0 Å². The van der Waals surface area contributed by atoms with Gasteiger partial charge in [0.05, 0.1) is 6.10 Å². The Morgan fingerprint density at radius 3 is 2.50 bits per heavy atom. The average molecular weight is 166 g/mol. The van der Waals surface area contributed by atoms with Gasteiger partial charge in [-0.25, -0.2) is 0 Å². The van der Waals surface area contributed by atoms with Gasteiger partial charge in [-0.15, -0.1) is 12.4 Å². The molecule has 2 nitrogen and oxygen atoms in total. The second-order valence-electron chi connectivity index (χ2n) is 2.76. The molecule has 1 aliphatic rings. The van der Waals surface area contributed by atoms with Crippen molar-refractivity contribution in [2.45, 2.75) is 38.3 Å².